The summed E-state index contributed by atoms with van der Waals surface area (Å²) in [4.78, 5) is 15.1. The minimum absolute atomic E-state index is 0.518. The van der Waals surface area contributed by atoms with Crippen molar-refractivity contribution in [1.29, 1.82) is 0 Å². The minimum Gasteiger partial charge on any atom is -0.453 e. The Labute approximate surface area is 85.7 Å². The molecule has 2 heterocycles. The van der Waals surface area contributed by atoms with Gasteiger partial charge in [-0.15, -0.1) is 0 Å². The molecule has 0 saturated carbocycles. The lowest BCUT2D eigenvalue weighted by molar-refractivity contribution is 0.187. The normalized spacial score (nSPS) is 10.2. The average Bonchev–Trinajstić information content (AvgIpc) is 2.61. The lowest BCUT2D eigenvalue weighted by atomic mass is 10.4. The van der Waals surface area contributed by atoms with E-state index in [1.807, 2.05) is 0 Å². The number of nitrogens with zero attached hydrogens (tertiary/aromatic N) is 2. The maximum absolute atomic E-state index is 11.0. The zero-order valence-corrected chi connectivity index (χ0v) is 8.10. The van der Waals surface area contributed by atoms with Gasteiger partial charge in [0.1, 0.15) is 11.5 Å². The average molecular weight is 206 g/mol. The van der Waals surface area contributed by atoms with E-state index in [2.05, 4.69) is 15.0 Å². The Bertz CT molecular complexity index is 506. The second-order valence-corrected chi connectivity index (χ2v) is 2.95. The van der Waals surface area contributed by atoms with E-state index < -0.39 is 6.09 Å². The highest BCUT2D eigenvalue weighted by Crippen LogP contribution is 2.14. The number of methoxy groups -OCH3 is 1. The lowest BCUT2D eigenvalue weighted by Crippen LogP contribution is -2.12. The molecule has 1 amide bonds. The van der Waals surface area contributed by atoms with Gasteiger partial charge in [-0.1, -0.05) is 0 Å². The molecule has 3 N–H and O–H groups in total. The van der Waals surface area contributed by atoms with Gasteiger partial charge in [0.2, 0.25) is 0 Å². The van der Waals surface area contributed by atoms with Crippen molar-refractivity contribution in [2.45, 2.75) is 0 Å². The van der Waals surface area contributed by atoms with E-state index in [0.29, 0.717) is 17.2 Å². The lowest BCUT2D eigenvalue weighted by Gasteiger charge is -2.03. The highest BCUT2D eigenvalue weighted by molar-refractivity contribution is 5.83. The fourth-order valence-corrected chi connectivity index (χ4v) is 1.25. The van der Waals surface area contributed by atoms with Crippen LogP contribution in [0.25, 0.3) is 5.65 Å². The molecule has 0 spiro atoms. The molecule has 0 aromatic carbocycles. The molecule has 2 aromatic rings. The SMILES string of the molecule is COC(=O)Nc1cnc2ccc(N)cn12. The van der Waals surface area contributed by atoms with Crippen LogP contribution in [-0.2, 0) is 4.74 Å². The van der Waals surface area contributed by atoms with E-state index in [9.17, 15) is 4.79 Å². The van der Waals surface area contributed by atoms with Crippen LogP contribution >= 0.6 is 0 Å². The smallest absolute Gasteiger partial charge is 0.412 e. The number of hydrogen-bond donors (Lipinski definition) is 2. The summed E-state index contributed by atoms with van der Waals surface area (Å²) in [6.45, 7) is 0. The molecule has 6 nitrogen and oxygen atoms in total. The van der Waals surface area contributed by atoms with E-state index in [4.69, 9.17) is 5.73 Å². The number of fused-ring (bicyclic) bond motifs is 1. The molecule has 0 aliphatic rings. The molecule has 0 bridgehead atoms. The fraction of sp³-hybridized carbons (Fsp3) is 0.111. The van der Waals surface area contributed by atoms with Crippen molar-refractivity contribution < 1.29 is 9.53 Å². The number of carbonyl (C=O) groups excluding carboxylic acids is 1. The summed E-state index contributed by atoms with van der Waals surface area (Å²) in [7, 11) is 1.30. The molecule has 2 rings (SSSR count). The van der Waals surface area contributed by atoms with Gasteiger partial charge in [0.05, 0.1) is 13.3 Å². The molecule has 78 valence electrons. The van der Waals surface area contributed by atoms with Gasteiger partial charge in [-0.05, 0) is 12.1 Å². The second-order valence-electron chi connectivity index (χ2n) is 2.95. The number of aromatic nitrogens is 2. The number of amides is 1. The number of hydrogen-bond acceptors (Lipinski definition) is 4. The van der Waals surface area contributed by atoms with Crippen molar-refractivity contribution in [2.75, 3.05) is 18.2 Å². The van der Waals surface area contributed by atoms with Crippen molar-refractivity contribution in [3.63, 3.8) is 0 Å². The monoisotopic (exact) mass is 206 g/mol. The van der Waals surface area contributed by atoms with Crippen LogP contribution in [0, 0.1) is 0 Å². The van der Waals surface area contributed by atoms with Crippen LogP contribution in [0.3, 0.4) is 0 Å². The van der Waals surface area contributed by atoms with Crippen molar-refractivity contribution >= 4 is 23.2 Å². The first-order valence-electron chi connectivity index (χ1n) is 4.28. The van der Waals surface area contributed by atoms with E-state index >= 15 is 0 Å². The Kier molecular flexibility index (Phi) is 2.17. The zero-order chi connectivity index (χ0) is 10.8. The Morgan fingerprint density at radius 3 is 3.13 bits per heavy atom. The van der Waals surface area contributed by atoms with E-state index in [1.165, 1.54) is 13.3 Å². The van der Waals surface area contributed by atoms with Crippen molar-refractivity contribution in [3.8, 4) is 0 Å². The van der Waals surface area contributed by atoms with Crippen LogP contribution in [0.5, 0.6) is 0 Å². The summed E-state index contributed by atoms with van der Waals surface area (Å²) in [6, 6.07) is 3.50. The standard InChI is InChI=1S/C9H10N4O2/c1-15-9(14)12-8-4-11-7-3-2-6(10)5-13(7)8/h2-5H,10H2,1H3,(H,12,14). The van der Waals surface area contributed by atoms with Gasteiger partial charge < -0.3 is 10.5 Å². The molecular formula is C9H10N4O2. The van der Waals surface area contributed by atoms with Crippen molar-refractivity contribution in [1.82, 2.24) is 9.38 Å². The number of nitrogens with one attached hydrogen (secondary N) is 1. The predicted molar refractivity (Wildman–Crippen MR) is 55.6 cm³/mol. The Morgan fingerprint density at radius 1 is 1.60 bits per heavy atom. The maximum Gasteiger partial charge on any atom is 0.412 e. The van der Waals surface area contributed by atoms with Gasteiger partial charge in [-0.3, -0.25) is 9.72 Å². The van der Waals surface area contributed by atoms with Crippen LogP contribution in [0.1, 0.15) is 0 Å². The van der Waals surface area contributed by atoms with Crippen molar-refractivity contribution in [3.05, 3.63) is 24.5 Å². The summed E-state index contributed by atoms with van der Waals surface area (Å²) in [6.07, 6.45) is 2.67. The Morgan fingerprint density at radius 2 is 2.40 bits per heavy atom. The molecule has 0 saturated heterocycles. The third-order valence-corrected chi connectivity index (χ3v) is 1.94. The van der Waals surface area contributed by atoms with Crippen LogP contribution in [0.15, 0.2) is 24.5 Å². The second kappa shape index (κ2) is 3.49. The number of pyridine rings is 1. The highest BCUT2D eigenvalue weighted by Gasteiger charge is 2.06. The number of rotatable bonds is 1. The van der Waals surface area contributed by atoms with E-state index in [1.54, 1.807) is 22.7 Å². The van der Waals surface area contributed by atoms with Crippen LogP contribution in [0.2, 0.25) is 0 Å². The third kappa shape index (κ3) is 1.69. The van der Waals surface area contributed by atoms with E-state index in [-0.39, 0.29) is 0 Å². The molecule has 15 heavy (non-hydrogen) atoms. The minimum atomic E-state index is -0.542. The Hall–Kier alpha value is -2.24. The molecule has 2 aromatic heterocycles. The van der Waals surface area contributed by atoms with Crippen LogP contribution in [-0.4, -0.2) is 22.6 Å². The summed E-state index contributed by atoms with van der Waals surface area (Å²) < 4.78 is 6.15. The van der Waals surface area contributed by atoms with Gasteiger partial charge in [0, 0.05) is 11.9 Å². The number of ether oxygens (including phenoxy) is 1. The van der Waals surface area contributed by atoms with Crippen LogP contribution in [0.4, 0.5) is 16.3 Å². The van der Waals surface area contributed by atoms with Gasteiger partial charge in [0.25, 0.3) is 0 Å². The number of imidazole rings is 1. The molecule has 0 aliphatic carbocycles. The molecule has 0 atom stereocenters. The predicted octanol–water partition coefficient (Wildman–Crippen LogP) is 1.09. The topological polar surface area (TPSA) is 81.6 Å². The molecule has 0 radical (unpaired) electrons. The number of carbonyl (C=O) groups is 1. The summed E-state index contributed by atoms with van der Waals surface area (Å²) in [5.74, 6) is 0.518. The third-order valence-electron chi connectivity index (χ3n) is 1.94. The number of nitrogen functional groups attached to an aromatic ring is 1. The molecule has 0 fully saturated rings. The van der Waals surface area contributed by atoms with Crippen molar-refractivity contribution in [2.24, 2.45) is 0 Å². The first-order valence-corrected chi connectivity index (χ1v) is 4.28. The zero-order valence-electron chi connectivity index (χ0n) is 8.10. The molecule has 0 aliphatic heterocycles. The van der Waals surface area contributed by atoms with Gasteiger partial charge in [-0.2, -0.15) is 0 Å². The Balaban J connectivity index is 2.43. The maximum atomic E-state index is 11.0. The van der Waals surface area contributed by atoms with Gasteiger partial charge in [0.15, 0.2) is 0 Å². The summed E-state index contributed by atoms with van der Waals surface area (Å²) in [5.41, 5.74) is 6.92. The summed E-state index contributed by atoms with van der Waals surface area (Å²) in [5, 5.41) is 2.53. The number of anilines is 2. The quantitative estimate of drug-likeness (QED) is 0.731. The first kappa shape index (κ1) is 9.32. The number of nitrogens with two attached hydrogens (primary N) is 1. The molecule has 0 unspecified atom stereocenters. The summed E-state index contributed by atoms with van der Waals surface area (Å²) >= 11 is 0. The van der Waals surface area contributed by atoms with E-state index in [0.717, 1.165) is 0 Å². The van der Waals surface area contributed by atoms with Gasteiger partial charge in [-0.25, -0.2) is 9.78 Å². The largest absolute Gasteiger partial charge is 0.453 e. The molecule has 6 heteroatoms. The fourth-order valence-electron chi connectivity index (χ4n) is 1.25. The van der Waals surface area contributed by atoms with Crippen LogP contribution < -0.4 is 11.1 Å². The van der Waals surface area contributed by atoms with Gasteiger partial charge >= 0.3 is 6.09 Å². The first-order chi connectivity index (χ1) is 7.20. The molecular weight excluding hydrogens is 196 g/mol. The highest BCUT2D eigenvalue weighted by atomic mass is 16.5.